The van der Waals surface area contributed by atoms with E-state index in [1.807, 2.05) is 0 Å². The summed E-state index contributed by atoms with van der Waals surface area (Å²) in [6.07, 6.45) is -0.941. The Morgan fingerprint density at radius 2 is 2.36 bits per heavy atom. The van der Waals surface area contributed by atoms with E-state index in [2.05, 4.69) is 5.32 Å². The maximum atomic E-state index is 12.5. The molecule has 1 rings (SSSR count). The van der Waals surface area contributed by atoms with Gasteiger partial charge in [-0.1, -0.05) is 0 Å². The molecule has 0 bridgehead atoms. The number of carboxylic acids is 1. The third-order valence-corrected chi connectivity index (χ3v) is 1.82. The summed E-state index contributed by atoms with van der Waals surface area (Å²) in [7, 11) is 0. The Bertz CT molecular complexity index is 167. The molecule has 0 saturated carbocycles. The first kappa shape index (κ1) is 10.7. The molecule has 66 valence electrons. The van der Waals surface area contributed by atoms with Crippen molar-refractivity contribution < 1.29 is 14.3 Å². The molecule has 0 aromatic carbocycles. The van der Waals surface area contributed by atoms with Crippen LogP contribution < -0.4 is 5.32 Å². The highest BCUT2D eigenvalue weighted by molar-refractivity contribution is 5.85. The van der Waals surface area contributed by atoms with Crippen LogP contribution in [0.2, 0.25) is 0 Å². The van der Waals surface area contributed by atoms with Crippen molar-refractivity contribution in [3.05, 3.63) is 0 Å². The number of rotatable bonds is 1. The summed E-state index contributed by atoms with van der Waals surface area (Å²) in [6.45, 7) is 1.65. The summed E-state index contributed by atoms with van der Waals surface area (Å²) in [5.74, 6) is -0.979. The van der Waals surface area contributed by atoms with Gasteiger partial charge in [0.15, 0.2) is 0 Å². The van der Waals surface area contributed by atoms with Gasteiger partial charge in [0.1, 0.15) is 11.7 Å². The third kappa shape index (κ3) is 2.04. The number of hydrogen-bond donors (Lipinski definition) is 2. The van der Waals surface area contributed by atoms with E-state index in [0.29, 0.717) is 0 Å². The van der Waals surface area contributed by atoms with Crippen molar-refractivity contribution in [3.8, 4) is 0 Å². The minimum absolute atomic E-state index is 0. The molecule has 2 N–H and O–H groups in total. The van der Waals surface area contributed by atoms with Gasteiger partial charge < -0.3 is 5.11 Å². The molecule has 1 fully saturated rings. The molecule has 0 amide bonds. The summed E-state index contributed by atoms with van der Waals surface area (Å²) >= 11 is 0. The lowest BCUT2D eigenvalue weighted by Gasteiger charge is -2.16. The van der Waals surface area contributed by atoms with E-state index in [1.165, 1.54) is 6.92 Å². The monoisotopic (exact) mass is 183 g/mol. The Kier molecular flexibility index (Phi) is 3.26. The van der Waals surface area contributed by atoms with Gasteiger partial charge in [-0.05, 0) is 6.92 Å². The normalized spacial score (nSPS) is 36.4. The number of halogens is 2. The number of hydrogen-bond acceptors (Lipinski definition) is 2. The standard InChI is InChI=1S/C6H10FNO2.ClH/c1-6(5(9)10)2-4(7)3-8-6;/h4,8H,2-3H2,1H3,(H,9,10);1H/t4-,6+;/m0./s1. The van der Waals surface area contributed by atoms with Gasteiger partial charge in [-0.2, -0.15) is 0 Å². The molecule has 0 aromatic rings. The van der Waals surface area contributed by atoms with Crippen molar-refractivity contribution in [1.29, 1.82) is 0 Å². The maximum absolute atomic E-state index is 12.5. The van der Waals surface area contributed by atoms with Crippen LogP contribution >= 0.6 is 12.4 Å². The van der Waals surface area contributed by atoms with Gasteiger partial charge in [-0.25, -0.2) is 4.39 Å². The Labute approximate surface area is 70.4 Å². The molecule has 1 aliphatic heterocycles. The Balaban J connectivity index is 0.000001000. The van der Waals surface area contributed by atoms with Gasteiger partial charge in [0.05, 0.1) is 0 Å². The molecule has 1 saturated heterocycles. The fourth-order valence-corrected chi connectivity index (χ4v) is 1.09. The molecule has 0 spiro atoms. The van der Waals surface area contributed by atoms with Gasteiger partial charge >= 0.3 is 5.97 Å². The summed E-state index contributed by atoms with van der Waals surface area (Å²) < 4.78 is 12.5. The third-order valence-electron chi connectivity index (χ3n) is 1.82. The number of alkyl halides is 1. The Morgan fingerprint density at radius 1 is 1.82 bits per heavy atom. The van der Waals surface area contributed by atoms with Crippen LogP contribution in [0, 0.1) is 0 Å². The van der Waals surface area contributed by atoms with E-state index < -0.39 is 17.7 Å². The quantitative estimate of drug-likeness (QED) is 0.626. The number of aliphatic carboxylic acids is 1. The van der Waals surface area contributed by atoms with Crippen molar-refractivity contribution >= 4 is 18.4 Å². The fourth-order valence-electron chi connectivity index (χ4n) is 1.09. The van der Waals surface area contributed by atoms with E-state index >= 15 is 0 Å². The number of carboxylic acid groups (broad SMARTS) is 1. The fraction of sp³-hybridized carbons (Fsp3) is 0.833. The molecular weight excluding hydrogens is 173 g/mol. The summed E-state index contributed by atoms with van der Waals surface area (Å²) in [5.41, 5.74) is -1.04. The van der Waals surface area contributed by atoms with Gasteiger partial charge in [0, 0.05) is 13.0 Å². The maximum Gasteiger partial charge on any atom is 0.323 e. The topological polar surface area (TPSA) is 49.3 Å². The minimum Gasteiger partial charge on any atom is -0.480 e. The van der Waals surface area contributed by atoms with Crippen molar-refractivity contribution in [2.45, 2.75) is 25.1 Å². The van der Waals surface area contributed by atoms with Crippen molar-refractivity contribution in [1.82, 2.24) is 5.32 Å². The summed E-state index contributed by atoms with van der Waals surface area (Å²) in [5, 5.41) is 11.2. The van der Waals surface area contributed by atoms with Crippen molar-refractivity contribution in [2.75, 3.05) is 6.54 Å². The van der Waals surface area contributed by atoms with E-state index in [1.54, 1.807) is 0 Å². The molecule has 1 aliphatic rings. The van der Waals surface area contributed by atoms with Gasteiger partial charge in [-0.15, -0.1) is 12.4 Å². The zero-order chi connectivity index (χ0) is 7.78. The minimum atomic E-state index is -1.04. The predicted molar refractivity (Wildman–Crippen MR) is 40.8 cm³/mol. The van der Waals surface area contributed by atoms with Gasteiger partial charge in [-0.3, -0.25) is 10.1 Å². The van der Waals surface area contributed by atoms with E-state index in [9.17, 15) is 9.18 Å². The van der Waals surface area contributed by atoms with Crippen LogP contribution in [0.25, 0.3) is 0 Å². The second kappa shape index (κ2) is 3.36. The molecule has 11 heavy (non-hydrogen) atoms. The first-order valence-corrected chi connectivity index (χ1v) is 3.17. The smallest absolute Gasteiger partial charge is 0.323 e. The van der Waals surface area contributed by atoms with Crippen LogP contribution in [-0.4, -0.2) is 29.3 Å². The second-order valence-electron chi connectivity index (χ2n) is 2.82. The highest BCUT2D eigenvalue weighted by atomic mass is 35.5. The first-order chi connectivity index (χ1) is 4.54. The van der Waals surface area contributed by atoms with E-state index in [4.69, 9.17) is 5.11 Å². The van der Waals surface area contributed by atoms with Crippen LogP contribution in [0.5, 0.6) is 0 Å². The zero-order valence-corrected chi connectivity index (χ0v) is 6.95. The van der Waals surface area contributed by atoms with Crippen LogP contribution in [0.15, 0.2) is 0 Å². The molecule has 1 heterocycles. The Hall–Kier alpha value is -0.350. The lowest BCUT2D eigenvalue weighted by molar-refractivity contribution is -0.143. The van der Waals surface area contributed by atoms with Crippen molar-refractivity contribution in [3.63, 3.8) is 0 Å². The highest BCUT2D eigenvalue weighted by Gasteiger charge is 2.41. The summed E-state index contributed by atoms with van der Waals surface area (Å²) in [6, 6.07) is 0. The molecule has 0 unspecified atom stereocenters. The van der Waals surface area contributed by atoms with Crippen LogP contribution in [-0.2, 0) is 4.79 Å². The molecule has 0 radical (unpaired) electrons. The van der Waals surface area contributed by atoms with Crippen LogP contribution in [0.4, 0.5) is 4.39 Å². The van der Waals surface area contributed by atoms with E-state index in [-0.39, 0.29) is 25.4 Å². The van der Waals surface area contributed by atoms with Gasteiger partial charge in [0.2, 0.25) is 0 Å². The zero-order valence-electron chi connectivity index (χ0n) is 6.13. The van der Waals surface area contributed by atoms with E-state index in [0.717, 1.165) is 0 Å². The lowest BCUT2D eigenvalue weighted by atomic mass is 10.0. The molecular formula is C6H11ClFNO2. The largest absolute Gasteiger partial charge is 0.480 e. The average Bonchev–Trinajstić information content (AvgIpc) is 2.13. The molecule has 0 aliphatic carbocycles. The predicted octanol–water partition coefficient (Wildman–Crippen LogP) is 0.583. The second-order valence-corrected chi connectivity index (χ2v) is 2.82. The molecule has 5 heteroatoms. The first-order valence-electron chi connectivity index (χ1n) is 3.17. The number of carbonyl (C=O) groups is 1. The Morgan fingerprint density at radius 3 is 2.55 bits per heavy atom. The van der Waals surface area contributed by atoms with Gasteiger partial charge in [0.25, 0.3) is 0 Å². The summed E-state index contributed by atoms with van der Waals surface area (Å²) in [4.78, 5) is 10.4. The number of nitrogens with one attached hydrogen (secondary N) is 1. The molecule has 0 aromatic heterocycles. The average molecular weight is 184 g/mol. The highest BCUT2D eigenvalue weighted by Crippen LogP contribution is 2.20. The molecule has 2 atom stereocenters. The van der Waals surface area contributed by atoms with Crippen molar-refractivity contribution in [2.24, 2.45) is 0 Å². The lowest BCUT2D eigenvalue weighted by Crippen LogP contribution is -2.44. The SMILES string of the molecule is C[C@]1(C(=O)O)C[C@H](F)CN1.Cl. The van der Waals surface area contributed by atoms with Crippen LogP contribution in [0.3, 0.4) is 0 Å². The van der Waals surface area contributed by atoms with Crippen LogP contribution in [0.1, 0.15) is 13.3 Å². The molecule has 3 nitrogen and oxygen atoms in total.